The summed E-state index contributed by atoms with van der Waals surface area (Å²) in [5.74, 6) is 3.40. The van der Waals surface area contributed by atoms with Crippen molar-refractivity contribution in [3.05, 3.63) is 58.8 Å². The molecule has 1 N–H and O–H groups in total. The molecule has 4 rings (SSSR count). The van der Waals surface area contributed by atoms with Crippen molar-refractivity contribution in [2.45, 2.75) is 38.9 Å². The van der Waals surface area contributed by atoms with Crippen molar-refractivity contribution in [1.29, 1.82) is 0 Å². The standard InChI is InChI=1S/C23H28ClN5O3/c1-16(25-22(30)9-13-31-2)23-27-26-21-8-10-28(11-12-29(21)23)15-19-6-7-20(32-19)17-4-3-5-18(24)14-17/h3-7,14,16H,8-13,15H2,1-2H3,(H,25,30)/t16-/m1/s1. The van der Waals surface area contributed by atoms with Crippen LogP contribution in [0.15, 0.2) is 40.8 Å². The topological polar surface area (TPSA) is 85.4 Å². The van der Waals surface area contributed by atoms with Crippen LogP contribution in [0.2, 0.25) is 5.02 Å². The number of hydrogen-bond acceptors (Lipinski definition) is 6. The van der Waals surface area contributed by atoms with Gasteiger partial charge < -0.3 is 19.0 Å². The Kier molecular flexibility index (Phi) is 7.24. The molecule has 8 nitrogen and oxygen atoms in total. The molecule has 0 spiro atoms. The minimum absolute atomic E-state index is 0.0553. The minimum Gasteiger partial charge on any atom is -0.460 e. The van der Waals surface area contributed by atoms with Crippen LogP contribution in [0.3, 0.4) is 0 Å². The van der Waals surface area contributed by atoms with Gasteiger partial charge in [0.1, 0.15) is 17.3 Å². The highest BCUT2D eigenvalue weighted by atomic mass is 35.5. The summed E-state index contributed by atoms with van der Waals surface area (Å²) in [4.78, 5) is 14.4. The van der Waals surface area contributed by atoms with Crippen LogP contribution in [0.1, 0.15) is 36.8 Å². The summed E-state index contributed by atoms with van der Waals surface area (Å²) < 4.78 is 13.2. The first-order chi connectivity index (χ1) is 15.5. The summed E-state index contributed by atoms with van der Waals surface area (Å²) >= 11 is 6.10. The highest BCUT2D eigenvalue weighted by Gasteiger charge is 2.23. The minimum atomic E-state index is -0.211. The first-order valence-electron chi connectivity index (χ1n) is 10.8. The fourth-order valence-electron chi connectivity index (χ4n) is 3.92. The lowest BCUT2D eigenvalue weighted by Crippen LogP contribution is -2.30. The summed E-state index contributed by atoms with van der Waals surface area (Å²) in [6.45, 7) is 5.52. The van der Waals surface area contributed by atoms with Crippen LogP contribution >= 0.6 is 11.6 Å². The van der Waals surface area contributed by atoms with E-state index in [0.29, 0.717) is 18.1 Å². The SMILES string of the molecule is COCCC(=O)N[C@H](C)c1nnc2n1CCN(Cc1ccc(-c3cccc(Cl)c3)o1)CC2. The smallest absolute Gasteiger partial charge is 0.222 e. The van der Waals surface area contributed by atoms with Crippen LogP contribution in [0.4, 0.5) is 0 Å². The number of aromatic nitrogens is 3. The van der Waals surface area contributed by atoms with Gasteiger partial charge in [-0.3, -0.25) is 9.69 Å². The zero-order valence-corrected chi connectivity index (χ0v) is 19.1. The van der Waals surface area contributed by atoms with E-state index >= 15 is 0 Å². The lowest BCUT2D eigenvalue weighted by Gasteiger charge is -2.19. The maximum absolute atomic E-state index is 12.0. The van der Waals surface area contributed by atoms with Crippen molar-refractivity contribution in [2.24, 2.45) is 0 Å². The van der Waals surface area contributed by atoms with Gasteiger partial charge in [-0.15, -0.1) is 10.2 Å². The molecule has 32 heavy (non-hydrogen) atoms. The van der Waals surface area contributed by atoms with Crippen LogP contribution in [0, 0.1) is 0 Å². The number of amides is 1. The summed E-state index contributed by atoms with van der Waals surface area (Å²) in [5.41, 5.74) is 0.969. The number of hydrogen-bond donors (Lipinski definition) is 1. The lowest BCUT2D eigenvalue weighted by molar-refractivity contribution is -0.122. The molecule has 2 aromatic heterocycles. The highest BCUT2D eigenvalue weighted by Crippen LogP contribution is 2.26. The third kappa shape index (κ3) is 5.38. The second kappa shape index (κ2) is 10.3. The molecule has 1 aliphatic rings. The molecule has 0 radical (unpaired) electrons. The molecule has 0 aliphatic carbocycles. The Morgan fingerprint density at radius 1 is 1.25 bits per heavy atom. The van der Waals surface area contributed by atoms with Gasteiger partial charge in [-0.1, -0.05) is 23.7 Å². The van der Waals surface area contributed by atoms with Crippen LogP contribution in [-0.2, 0) is 29.0 Å². The van der Waals surface area contributed by atoms with Crippen molar-refractivity contribution >= 4 is 17.5 Å². The van der Waals surface area contributed by atoms with Gasteiger partial charge in [-0.25, -0.2) is 0 Å². The monoisotopic (exact) mass is 457 g/mol. The largest absolute Gasteiger partial charge is 0.460 e. The average Bonchev–Trinajstić information content (AvgIpc) is 3.36. The molecule has 1 atom stereocenters. The van der Waals surface area contributed by atoms with E-state index < -0.39 is 0 Å². The Bertz CT molecular complexity index is 1060. The number of nitrogens with zero attached hydrogens (tertiary/aromatic N) is 4. The van der Waals surface area contributed by atoms with E-state index in [2.05, 4.69) is 25.0 Å². The third-order valence-corrected chi connectivity index (χ3v) is 5.83. The Balaban J connectivity index is 1.37. The van der Waals surface area contributed by atoms with Gasteiger partial charge in [0.05, 0.1) is 19.2 Å². The van der Waals surface area contributed by atoms with Gasteiger partial charge in [-0.2, -0.15) is 0 Å². The van der Waals surface area contributed by atoms with Crippen molar-refractivity contribution in [2.75, 3.05) is 26.8 Å². The van der Waals surface area contributed by atoms with E-state index in [4.69, 9.17) is 20.8 Å². The van der Waals surface area contributed by atoms with Crippen molar-refractivity contribution < 1.29 is 13.9 Å². The summed E-state index contributed by atoms with van der Waals surface area (Å²) in [7, 11) is 1.58. The summed E-state index contributed by atoms with van der Waals surface area (Å²) in [6.07, 6.45) is 1.12. The normalized spacial score (nSPS) is 15.2. The predicted molar refractivity (Wildman–Crippen MR) is 121 cm³/mol. The molecule has 170 valence electrons. The molecular weight excluding hydrogens is 430 g/mol. The quantitative estimate of drug-likeness (QED) is 0.557. The average molecular weight is 458 g/mol. The van der Waals surface area contributed by atoms with Crippen LogP contribution in [0.25, 0.3) is 11.3 Å². The van der Waals surface area contributed by atoms with Crippen molar-refractivity contribution in [3.63, 3.8) is 0 Å². The number of ether oxygens (including phenoxy) is 1. The maximum Gasteiger partial charge on any atom is 0.222 e. The van der Waals surface area contributed by atoms with E-state index in [1.165, 1.54) is 0 Å². The summed E-state index contributed by atoms with van der Waals surface area (Å²) in [6, 6.07) is 11.5. The van der Waals surface area contributed by atoms with Gasteiger partial charge in [0.25, 0.3) is 0 Å². The lowest BCUT2D eigenvalue weighted by atomic mass is 10.2. The van der Waals surface area contributed by atoms with Crippen LogP contribution in [-0.4, -0.2) is 52.4 Å². The summed E-state index contributed by atoms with van der Waals surface area (Å²) in [5, 5.41) is 12.4. The number of nitrogens with one attached hydrogen (secondary N) is 1. The Labute approximate surface area is 192 Å². The molecule has 9 heteroatoms. The fourth-order valence-corrected chi connectivity index (χ4v) is 4.11. The number of fused-ring (bicyclic) bond motifs is 1. The second-order valence-electron chi connectivity index (χ2n) is 7.96. The van der Waals surface area contributed by atoms with E-state index in [0.717, 1.165) is 61.3 Å². The third-order valence-electron chi connectivity index (χ3n) is 5.60. The number of carbonyl (C=O) groups excluding carboxylic acids is 1. The second-order valence-corrected chi connectivity index (χ2v) is 8.40. The van der Waals surface area contributed by atoms with E-state index in [1.54, 1.807) is 7.11 Å². The Hall–Kier alpha value is -2.68. The van der Waals surface area contributed by atoms with E-state index in [-0.39, 0.29) is 11.9 Å². The highest BCUT2D eigenvalue weighted by molar-refractivity contribution is 6.30. The van der Waals surface area contributed by atoms with Crippen LogP contribution in [0.5, 0.6) is 0 Å². The molecule has 0 bridgehead atoms. The molecule has 3 aromatic rings. The van der Waals surface area contributed by atoms with Crippen LogP contribution < -0.4 is 5.32 Å². The molecule has 0 saturated carbocycles. The molecule has 1 aromatic carbocycles. The molecular formula is C23H28ClN5O3. The predicted octanol–water partition coefficient (Wildman–Crippen LogP) is 3.46. The van der Waals surface area contributed by atoms with Gasteiger partial charge >= 0.3 is 0 Å². The number of carbonyl (C=O) groups is 1. The van der Waals surface area contributed by atoms with E-state index in [1.807, 2.05) is 43.3 Å². The molecule has 3 heterocycles. The first-order valence-corrected chi connectivity index (χ1v) is 11.2. The zero-order chi connectivity index (χ0) is 22.5. The number of benzene rings is 1. The maximum atomic E-state index is 12.0. The number of halogens is 1. The fraction of sp³-hybridized carbons (Fsp3) is 0.435. The Morgan fingerprint density at radius 3 is 2.94 bits per heavy atom. The Morgan fingerprint density at radius 2 is 2.12 bits per heavy atom. The number of methoxy groups -OCH3 is 1. The molecule has 1 aliphatic heterocycles. The van der Waals surface area contributed by atoms with Gasteiger partial charge in [-0.05, 0) is 31.2 Å². The number of furan rings is 1. The molecule has 1 amide bonds. The number of rotatable bonds is 8. The van der Waals surface area contributed by atoms with E-state index in [9.17, 15) is 4.79 Å². The molecule has 0 unspecified atom stereocenters. The zero-order valence-electron chi connectivity index (χ0n) is 18.4. The molecule has 0 fully saturated rings. The molecule has 0 saturated heterocycles. The van der Waals surface area contributed by atoms with Gasteiger partial charge in [0.15, 0.2) is 5.82 Å². The van der Waals surface area contributed by atoms with Gasteiger partial charge in [0.2, 0.25) is 5.91 Å². The van der Waals surface area contributed by atoms with Crippen molar-refractivity contribution in [3.8, 4) is 11.3 Å². The van der Waals surface area contributed by atoms with Gasteiger partial charge in [0, 0.05) is 50.2 Å². The first kappa shape index (κ1) is 22.5. The van der Waals surface area contributed by atoms with Crippen molar-refractivity contribution in [1.82, 2.24) is 25.0 Å².